The normalized spacial score (nSPS) is 17.1. The minimum atomic E-state index is -0.984. The number of amidine groups is 1. The van der Waals surface area contributed by atoms with Gasteiger partial charge in [-0.3, -0.25) is 30.0 Å². The Labute approximate surface area is 203 Å². The van der Waals surface area contributed by atoms with Gasteiger partial charge in [0.15, 0.2) is 5.96 Å². The predicted octanol–water partition coefficient (Wildman–Crippen LogP) is -1.22. The van der Waals surface area contributed by atoms with Crippen LogP contribution in [0.2, 0.25) is 0 Å². The number of anilines is 1. The fourth-order valence-corrected chi connectivity index (χ4v) is 3.36. The van der Waals surface area contributed by atoms with Gasteiger partial charge in [-0.2, -0.15) is 0 Å². The Kier molecular flexibility index (Phi) is 9.99. The van der Waals surface area contributed by atoms with Crippen LogP contribution in [-0.2, 0) is 19.2 Å². The molecular formula is C22H33N9O4. The lowest BCUT2D eigenvalue weighted by Crippen LogP contribution is -2.62. The van der Waals surface area contributed by atoms with E-state index in [1.54, 1.807) is 31.3 Å². The number of hydrogen-bond acceptors (Lipinski definition) is 6. The third-order valence-electron chi connectivity index (χ3n) is 5.44. The molecule has 0 aromatic heterocycles. The van der Waals surface area contributed by atoms with E-state index in [4.69, 9.17) is 22.3 Å². The summed E-state index contributed by atoms with van der Waals surface area (Å²) < 4.78 is 0. The summed E-state index contributed by atoms with van der Waals surface area (Å²) in [6.45, 7) is 0.776. The van der Waals surface area contributed by atoms with Crippen molar-refractivity contribution in [3.63, 3.8) is 0 Å². The lowest BCUT2D eigenvalue weighted by Gasteiger charge is -2.29. The van der Waals surface area contributed by atoms with Gasteiger partial charge in [-0.1, -0.05) is 12.1 Å². The lowest BCUT2D eigenvalue weighted by atomic mass is 10.0. The van der Waals surface area contributed by atoms with Gasteiger partial charge in [0.05, 0.1) is 6.42 Å². The van der Waals surface area contributed by atoms with E-state index in [0.29, 0.717) is 43.6 Å². The maximum Gasteiger partial charge on any atom is 0.243 e. The van der Waals surface area contributed by atoms with Crippen LogP contribution < -0.4 is 32.7 Å². The molecule has 190 valence electrons. The molecule has 13 nitrogen and oxygen atoms in total. The number of benzene rings is 1. The van der Waals surface area contributed by atoms with Crippen LogP contribution >= 0.6 is 0 Å². The molecule has 1 aromatic rings. The molecule has 0 radical (unpaired) electrons. The number of piperazine rings is 1. The Morgan fingerprint density at radius 2 is 1.74 bits per heavy atom. The second-order valence-electron chi connectivity index (χ2n) is 8.27. The second kappa shape index (κ2) is 12.9. The summed E-state index contributed by atoms with van der Waals surface area (Å²) in [6.07, 6.45) is 1.60. The van der Waals surface area contributed by atoms with E-state index in [9.17, 15) is 19.2 Å². The van der Waals surface area contributed by atoms with Gasteiger partial charge in [-0.25, -0.2) is 0 Å². The quantitative estimate of drug-likeness (QED) is 0.102. The van der Waals surface area contributed by atoms with Crippen molar-refractivity contribution in [2.24, 2.45) is 11.5 Å². The number of carbonyl (C=O) groups excluding carboxylic acids is 4. The zero-order chi connectivity index (χ0) is 26.0. The minimum Gasteiger partial charge on any atom is -0.384 e. The number of unbranched alkanes of at least 4 members (excludes halogenated alkanes) is 1. The van der Waals surface area contributed by atoms with Crippen molar-refractivity contribution in [2.45, 2.75) is 44.2 Å². The summed E-state index contributed by atoms with van der Waals surface area (Å²) >= 11 is 0. The zero-order valence-electron chi connectivity index (χ0n) is 19.6. The zero-order valence-corrected chi connectivity index (χ0v) is 19.6. The molecule has 2 rings (SSSR count). The summed E-state index contributed by atoms with van der Waals surface area (Å²) in [5.74, 6) is -1.66. The van der Waals surface area contributed by atoms with Gasteiger partial charge >= 0.3 is 0 Å². The monoisotopic (exact) mass is 487 g/mol. The second-order valence-corrected chi connectivity index (χ2v) is 8.27. The summed E-state index contributed by atoms with van der Waals surface area (Å²) in [5, 5.41) is 25.4. The molecule has 1 saturated heterocycles. The molecule has 1 aromatic carbocycles. The highest BCUT2D eigenvalue weighted by atomic mass is 16.2. The van der Waals surface area contributed by atoms with E-state index in [2.05, 4.69) is 21.3 Å². The Balaban J connectivity index is 1.69. The van der Waals surface area contributed by atoms with Crippen molar-refractivity contribution in [3.05, 3.63) is 29.8 Å². The largest absolute Gasteiger partial charge is 0.384 e. The SMILES string of the molecule is CN(CCC(=O)NCCCC[C@@H]1NC(=O)[C@H](CC(=O)Nc2cccc(C(=N)N)c2)NC1=O)C(=N)N. The number of nitrogens with two attached hydrogens (primary N) is 2. The first-order valence-electron chi connectivity index (χ1n) is 11.2. The molecule has 1 fully saturated rings. The fraction of sp³-hybridized carbons (Fsp3) is 0.455. The van der Waals surface area contributed by atoms with Gasteiger partial charge in [0.1, 0.15) is 17.9 Å². The highest BCUT2D eigenvalue weighted by molar-refractivity contribution is 6.02. The van der Waals surface area contributed by atoms with Gasteiger partial charge in [-0.15, -0.1) is 0 Å². The number of nitrogen functional groups attached to an aromatic ring is 1. The van der Waals surface area contributed by atoms with Gasteiger partial charge in [0, 0.05) is 37.8 Å². The standard InChI is InChI=1S/C22H33N9O4/c1-31(22(25)26)10-8-17(32)27-9-3-2-7-15-20(34)30-16(21(35)29-15)12-18(33)28-14-6-4-5-13(11-14)19(23)24/h4-6,11,15-16H,2-3,7-10,12H2,1H3,(H3,23,24)(H3,25,26)(H,27,32)(H,28,33)(H,29,35)(H,30,34)/t15-,16-/m0/s1. The third kappa shape index (κ3) is 8.95. The Bertz CT molecular complexity index is 981. The number of nitrogens with one attached hydrogen (secondary N) is 6. The Hall–Kier alpha value is -4.16. The fourth-order valence-electron chi connectivity index (χ4n) is 3.36. The van der Waals surface area contributed by atoms with Crippen LogP contribution in [0.1, 0.15) is 37.7 Å². The average Bonchev–Trinajstić information content (AvgIpc) is 2.80. The van der Waals surface area contributed by atoms with Gasteiger partial charge in [0.25, 0.3) is 0 Å². The van der Waals surface area contributed by atoms with E-state index in [0.717, 1.165) is 0 Å². The number of guanidine groups is 1. The van der Waals surface area contributed by atoms with Crippen LogP contribution in [0.15, 0.2) is 24.3 Å². The van der Waals surface area contributed by atoms with Crippen LogP contribution in [0.25, 0.3) is 0 Å². The molecule has 1 heterocycles. The maximum atomic E-state index is 12.4. The van der Waals surface area contributed by atoms with Crippen molar-refractivity contribution in [1.82, 2.24) is 20.9 Å². The van der Waals surface area contributed by atoms with Gasteiger partial charge in [-0.05, 0) is 31.4 Å². The molecule has 0 unspecified atom stereocenters. The third-order valence-corrected chi connectivity index (χ3v) is 5.44. The molecule has 0 aliphatic carbocycles. The molecule has 0 bridgehead atoms. The molecule has 4 amide bonds. The number of hydrogen-bond donors (Lipinski definition) is 8. The first kappa shape index (κ1) is 27.1. The van der Waals surface area contributed by atoms with E-state index < -0.39 is 23.9 Å². The van der Waals surface area contributed by atoms with E-state index >= 15 is 0 Å². The number of amides is 4. The molecule has 1 aliphatic rings. The average molecular weight is 488 g/mol. The molecule has 1 aliphatic heterocycles. The van der Waals surface area contributed by atoms with Crippen molar-refractivity contribution >= 4 is 41.1 Å². The van der Waals surface area contributed by atoms with Crippen molar-refractivity contribution in [2.75, 3.05) is 25.5 Å². The van der Waals surface area contributed by atoms with Crippen molar-refractivity contribution < 1.29 is 19.2 Å². The number of carbonyl (C=O) groups is 4. The van der Waals surface area contributed by atoms with E-state index in [1.165, 1.54) is 4.90 Å². The lowest BCUT2D eigenvalue weighted by molar-refractivity contribution is -0.138. The molecular weight excluding hydrogens is 454 g/mol. The summed E-state index contributed by atoms with van der Waals surface area (Å²) in [6, 6.07) is 4.77. The highest BCUT2D eigenvalue weighted by Gasteiger charge is 2.34. The van der Waals surface area contributed by atoms with Gasteiger partial charge < -0.3 is 37.6 Å². The molecule has 0 saturated carbocycles. The molecule has 10 N–H and O–H groups in total. The molecule has 2 atom stereocenters. The van der Waals surface area contributed by atoms with E-state index in [1.807, 2.05) is 0 Å². The highest BCUT2D eigenvalue weighted by Crippen LogP contribution is 2.12. The van der Waals surface area contributed by atoms with Crippen LogP contribution in [-0.4, -0.2) is 72.5 Å². The summed E-state index contributed by atoms with van der Waals surface area (Å²) in [4.78, 5) is 50.4. The Morgan fingerprint density at radius 3 is 2.43 bits per heavy atom. The van der Waals surface area contributed by atoms with Crippen molar-refractivity contribution in [3.8, 4) is 0 Å². The van der Waals surface area contributed by atoms with Crippen LogP contribution in [0.5, 0.6) is 0 Å². The first-order chi connectivity index (χ1) is 16.6. The minimum absolute atomic E-state index is 0.104. The number of rotatable bonds is 12. The molecule has 13 heteroatoms. The smallest absolute Gasteiger partial charge is 0.243 e. The Morgan fingerprint density at radius 1 is 1.06 bits per heavy atom. The van der Waals surface area contributed by atoms with Crippen molar-refractivity contribution in [1.29, 1.82) is 10.8 Å². The van der Waals surface area contributed by atoms with Crippen LogP contribution in [0, 0.1) is 10.8 Å². The molecule has 0 spiro atoms. The topological polar surface area (TPSA) is 219 Å². The predicted molar refractivity (Wildman–Crippen MR) is 131 cm³/mol. The van der Waals surface area contributed by atoms with Crippen LogP contribution in [0.4, 0.5) is 5.69 Å². The van der Waals surface area contributed by atoms with Crippen LogP contribution in [0.3, 0.4) is 0 Å². The van der Waals surface area contributed by atoms with E-state index in [-0.39, 0.29) is 36.5 Å². The molecule has 35 heavy (non-hydrogen) atoms. The summed E-state index contributed by atoms with van der Waals surface area (Å²) in [7, 11) is 1.63. The first-order valence-corrected chi connectivity index (χ1v) is 11.2. The summed E-state index contributed by atoms with van der Waals surface area (Å²) in [5.41, 5.74) is 11.6. The maximum absolute atomic E-state index is 12.4. The van der Waals surface area contributed by atoms with Gasteiger partial charge in [0.2, 0.25) is 23.6 Å². The number of nitrogens with zero attached hydrogens (tertiary/aromatic N) is 1.